The highest BCUT2D eigenvalue weighted by molar-refractivity contribution is 7.09. The highest BCUT2D eigenvalue weighted by Crippen LogP contribution is 2.21. The van der Waals surface area contributed by atoms with Crippen LogP contribution in [0.25, 0.3) is 0 Å². The molecule has 1 aliphatic rings. The maximum atomic E-state index is 12.1. The molecular formula is C17H20N4O2S. The second kappa shape index (κ2) is 7.44. The van der Waals surface area contributed by atoms with Crippen molar-refractivity contribution in [1.82, 2.24) is 10.3 Å². The summed E-state index contributed by atoms with van der Waals surface area (Å²) in [5.41, 5.74) is 2.55. The number of thiazole rings is 1. The number of urea groups is 1. The van der Waals surface area contributed by atoms with Gasteiger partial charge in [-0.2, -0.15) is 0 Å². The maximum Gasteiger partial charge on any atom is 0.321 e. The van der Waals surface area contributed by atoms with Gasteiger partial charge >= 0.3 is 6.03 Å². The molecule has 1 aromatic carbocycles. The van der Waals surface area contributed by atoms with Crippen molar-refractivity contribution in [1.29, 1.82) is 0 Å². The lowest BCUT2D eigenvalue weighted by atomic mass is 10.2. The van der Waals surface area contributed by atoms with E-state index < -0.39 is 0 Å². The quantitative estimate of drug-likeness (QED) is 0.846. The molecule has 1 aliphatic heterocycles. The third-order valence-electron chi connectivity index (χ3n) is 3.80. The Morgan fingerprint density at radius 1 is 1.46 bits per heavy atom. The van der Waals surface area contributed by atoms with Gasteiger partial charge in [0, 0.05) is 36.3 Å². The normalized spacial score (nSPS) is 13.9. The number of hydrogen-bond donors (Lipinski definition) is 2. The summed E-state index contributed by atoms with van der Waals surface area (Å²) in [6.45, 7) is 3.27. The second-order valence-electron chi connectivity index (χ2n) is 5.69. The average molecular weight is 344 g/mol. The first-order chi connectivity index (χ1) is 11.6. The number of carbonyl (C=O) groups is 2. The van der Waals surface area contributed by atoms with Crippen molar-refractivity contribution in [3.63, 3.8) is 0 Å². The van der Waals surface area contributed by atoms with E-state index >= 15 is 0 Å². The molecule has 0 atom stereocenters. The first-order valence-electron chi connectivity index (χ1n) is 7.98. The van der Waals surface area contributed by atoms with Gasteiger partial charge < -0.3 is 10.6 Å². The number of amides is 3. The maximum absolute atomic E-state index is 12.1. The predicted molar refractivity (Wildman–Crippen MR) is 95.6 cm³/mol. The molecule has 0 aliphatic carbocycles. The Bertz CT molecular complexity index is 744. The SMILES string of the molecule is Cc1nc(CCCC(=O)Nc2cccc(N3CCNC3=O)c2)cs1. The third-order valence-corrected chi connectivity index (χ3v) is 4.62. The van der Waals surface area contributed by atoms with Gasteiger partial charge in [-0.05, 0) is 38.0 Å². The fourth-order valence-corrected chi connectivity index (χ4v) is 3.29. The van der Waals surface area contributed by atoms with E-state index in [1.54, 1.807) is 16.2 Å². The van der Waals surface area contributed by atoms with Crippen LogP contribution in [0, 0.1) is 6.92 Å². The minimum Gasteiger partial charge on any atom is -0.336 e. The summed E-state index contributed by atoms with van der Waals surface area (Å²) in [5.74, 6) is -0.0232. The third kappa shape index (κ3) is 4.11. The highest BCUT2D eigenvalue weighted by Gasteiger charge is 2.21. The number of aryl methyl sites for hydroxylation is 2. The van der Waals surface area contributed by atoms with Crippen molar-refractivity contribution in [2.24, 2.45) is 0 Å². The fraction of sp³-hybridized carbons (Fsp3) is 0.353. The molecule has 3 rings (SSSR count). The number of aromatic nitrogens is 1. The van der Waals surface area contributed by atoms with Crippen LogP contribution in [0.2, 0.25) is 0 Å². The Morgan fingerprint density at radius 3 is 3.04 bits per heavy atom. The van der Waals surface area contributed by atoms with Crippen LogP contribution in [-0.2, 0) is 11.2 Å². The second-order valence-corrected chi connectivity index (χ2v) is 6.76. The number of hydrogen-bond acceptors (Lipinski definition) is 4. The minimum atomic E-state index is -0.1000. The summed E-state index contributed by atoms with van der Waals surface area (Å²) >= 11 is 1.63. The monoisotopic (exact) mass is 344 g/mol. The molecule has 1 aromatic heterocycles. The molecule has 0 spiro atoms. The van der Waals surface area contributed by atoms with Crippen molar-refractivity contribution in [2.45, 2.75) is 26.2 Å². The van der Waals surface area contributed by atoms with Crippen molar-refractivity contribution >= 4 is 34.6 Å². The van der Waals surface area contributed by atoms with Crippen LogP contribution in [0.3, 0.4) is 0 Å². The summed E-state index contributed by atoms with van der Waals surface area (Å²) in [7, 11) is 0. The summed E-state index contributed by atoms with van der Waals surface area (Å²) in [4.78, 5) is 29.9. The Hall–Kier alpha value is -2.41. The largest absolute Gasteiger partial charge is 0.336 e. The van der Waals surface area contributed by atoms with Crippen LogP contribution < -0.4 is 15.5 Å². The topological polar surface area (TPSA) is 74.3 Å². The van der Waals surface area contributed by atoms with Gasteiger partial charge in [-0.1, -0.05) is 6.07 Å². The molecule has 7 heteroatoms. The number of anilines is 2. The van der Waals surface area contributed by atoms with E-state index in [4.69, 9.17) is 0 Å². The van der Waals surface area contributed by atoms with Crippen molar-refractivity contribution in [3.8, 4) is 0 Å². The van der Waals surface area contributed by atoms with Crippen LogP contribution in [0.5, 0.6) is 0 Å². The van der Waals surface area contributed by atoms with Gasteiger partial charge in [0.2, 0.25) is 5.91 Å². The average Bonchev–Trinajstić information content (AvgIpc) is 3.16. The number of nitrogens with one attached hydrogen (secondary N) is 2. The van der Waals surface area contributed by atoms with E-state index in [-0.39, 0.29) is 11.9 Å². The first kappa shape index (κ1) is 16.4. The number of nitrogens with zero attached hydrogens (tertiary/aromatic N) is 2. The van der Waals surface area contributed by atoms with E-state index in [1.165, 1.54) is 0 Å². The molecule has 0 unspecified atom stereocenters. The molecule has 1 fully saturated rings. The van der Waals surface area contributed by atoms with Gasteiger partial charge in [0.15, 0.2) is 0 Å². The van der Waals surface area contributed by atoms with Gasteiger partial charge in [-0.15, -0.1) is 11.3 Å². The summed E-state index contributed by atoms with van der Waals surface area (Å²) < 4.78 is 0. The van der Waals surface area contributed by atoms with Gasteiger partial charge in [-0.3, -0.25) is 9.69 Å². The molecule has 2 aromatic rings. The predicted octanol–water partition coefficient (Wildman–Crippen LogP) is 2.94. The zero-order valence-corrected chi connectivity index (χ0v) is 14.4. The van der Waals surface area contributed by atoms with E-state index in [0.29, 0.717) is 25.2 Å². The van der Waals surface area contributed by atoms with Crippen LogP contribution in [0.15, 0.2) is 29.6 Å². The number of benzene rings is 1. The lowest BCUT2D eigenvalue weighted by Gasteiger charge is -2.15. The Morgan fingerprint density at radius 2 is 2.33 bits per heavy atom. The van der Waals surface area contributed by atoms with Gasteiger partial charge in [0.1, 0.15) is 0 Å². The lowest BCUT2D eigenvalue weighted by molar-refractivity contribution is -0.116. The van der Waals surface area contributed by atoms with E-state index in [1.807, 2.05) is 36.6 Å². The van der Waals surface area contributed by atoms with Crippen molar-refractivity contribution in [3.05, 3.63) is 40.3 Å². The van der Waals surface area contributed by atoms with Gasteiger partial charge in [-0.25, -0.2) is 9.78 Å². The van der Waals surface area contributed by atoms with Gasteiger partial charge in [0.05, 0.1) is 10.7 Å². The number of rotatable bonds is 6. The van der Waals surface area contributed by atoms with Crippen LogP contribution in [0.4, 0.5) is 16.2 Å². The van der Waals surface area contributed by atoms with Crippen LogP contribution in [-0.4, -0.2) is 30.0 Å². The molecule has 126 valence electrons. The van der Waals surface area contributed by atoms with Crippen LogP contribution in [0.1, 0.15) is 23.5 Å². The molecule has 0 saturated carbocycles. The number of carbonyl (C=O) groups excluding carboxylic acids is 2. The van der Waals surface area contributed by atoms with Gasteiger partial charge in [0.25, 0.3) is 0 Å². The van der Waals surface area contributed by atoms with E-state index in [9.17, 15) is 9.59 Å². The zero-order chi connectivity index (χ0) is 16.9. The van der Waals surface area contributed by atoms with E-state index in [2.05, 4.69) is 15.6 Å². The zero-order valence-electron chi connectivity index (χ0n) is 13.5. The first-order valence-corrected chi connectivity index (χ1v) is 8.86. The fourth-order valence-electron chi connectivity index (χ4n) is 2.65. The molecule has 0 radical (unpaired) electrons. The Kier molecular flexibility index (Phi) is 5.10. The Labute approximate surface area is 144 Å². The molecule has 0 bridgehead atoms. The molecule has 1 saturated heterocycles. The summed E-state index contributed by atoms with van der Waals surface area (Å²) in [6, 6.07) is 7.27. The summed E-state index contributed by atoms with van der Waals surface area (Å²) in [5, 5.41) is 8.76. The molecule has 2 heterocycles. The molecule has 6 nitrogen and oxygen atoms in total. The van der Waals surface area contributed by atoms with Crippen LogP contribution >= 0.6 is 11.3 Å². The standard InChI is InChI=1S/C17H20N4O2S/c1-12-19-14(11-24-12)5-3-7-16(22)20-13-4-2-6-15(10-13)21-9-8-18-17(21)23/h2,4,6,10-11H,3,5,7-9H2,1H3,(H,18,23)(H,20,22). The highest BCUT2D eigenvalue weighted by atomic mass is 32.1. The molecule has 24 heavy (non-hydrogen) atoms. The minimum absolute atomic E-state index is 0.0232. The molecule has 2 N–H and O–H groups in total. The van der Waals surface area contributed by atoms with Crippen molar-refractivity contribution in [2.75, 3.05) is 23.3 Å². The molecular weight excluding hydrogens is 324 g/mol. The molecule has 3 amide bonds. The van der Waals surface area contributed by atoms with E-state index in [0.717, 1.165) is 29.2 Å². The van der Waals surface area contributed by atoms with Crippen molar-refractivity contribution < 1.29 is 9.59 Å². The lowest BCUT2D eigenvalue weighted by Crippen LogP contribution is -2.27. The summed E-state index contributed by atoms with van der Waals surface area (Å²) in [6.07, 6.45) is 2.03. The smallest absolute Gasteiger partial charge is 0.321 e. The Balaban J connectivity index is 1.51.